The van der Waals surface area contributed by atoms with Crippen LogP contribution in [-0.4, -0.2) is 22.0 Å². The van der Waals surface area contributed by atoms with Crippen LogP contribution >= 0.6 is 24.8 Å². The van der Waals surface area contributed by atoms with E-state index in [1.165, 1.54) is 0 Å². The average Bonchev–Trinajstić information content (AvgIpc) is 3.02. The lowest BCUT2D eigenvalue weighted by atomic mass is 10.1. The first-order valence-electron chi connectivity index (χ1n) is 8.26. The van der Waals surface area contributed by atoms with Gasteiger partial charge < -0.3 is 15.2 Å². The fourth-order valence-corrected chi connectivity index (χ4v) is 2.68. The number of hydrogen-bond acceptors (Lipinski definition) is 3. The Morgan fingerprint density at radius 2 is 1.81 bits per heavy atom. The predicted molar refractivity (Wildman–Crippen MR) is 111 cm³/mol. The summed E-state index contributed by atoms with van der Waals surface area (Å²) >= 11 is 0. The number of halogens is 2. The Labute approximate surface area is 166 Å². The predicted octanol–water partition coefficient (Wildman–Crippen LogP) is 4.02. The fraction of sp³-hybridized carbons (Fsp3) is 0.263. The number of carbonyl (C=O) groups excluding carboxylic acids is 1. The highest BCUT2D eigenvalue weighted by molar-refractivity contribution is 5.91. The van der Waals surface area contributed by atoms with Crippen molar-refractivity contribution >= 4 is 47.4 Å². The Morgan fingerprint density at radius 1 is 1.08 bits per heavy atom. The fourth-order valence-electron chi connectivity index (χ4n) is 2.68. The molecule has 0 fully saturated rings. The van der Waals surface area contributed by atoms with Gasteiger partial charge in [0, 0.05) is 25.2 Å². The molecule has 3 rings (SSSR count). The largest absolute Gasteiger partial charge is 0.330 e. The Kier molecular flexibility index (Phi) is 9.13. The molecule has 0 unspecified atom stereocenters. The zero-order valence-electron chi connectivity index (χ0n) is 14.6. The highest BCUT2D eigenvalue weighted by Crippen LogP contribution is 2.16. The number of carbonyl (C=O) groups is 1. The molecule has 0 bridgehead atoms. The molecule has 140 valence electrons. The smallest absolute Gasteiger partial charge is 0.226 e. The summed E-state index contributed by atoms with van der Waals surface area (Å²) in [5.41, 5.74) is 3.98. The van der Waals surface area contributed by atoms with E-state index in [9.17, 15) is 4.79 Å². The zero-order chi connectivity index (χ0) is 16.8. The van der Waals surface area contributed by atoms with Gasteiger partial charge in [0.25, 0.3) is 0 Å². The Bertz CT molecular complexity index is 835. The minimum Gasteiger partial charge on any atom is -0.330 e. The van der Waals surface area contributed by atoms with Crippen molar-refractivity contribution in [3.8, 4) is 0 Å². The van der Waals surface area contributed by atoms with Crippen LogP contribution in [0.3, 0.4) is 0 Å². The summed E-state index contributed by atoms with van der Waals surface area (Å²) in [6.07, 6.45) is 2.20. The number of imidazole rings is 1. The second kappa shape index (κ2) is 10.8. The SMILES string of the molecule is CCNCc1ccccc1NC(=O)CCn1cnc2ccccc21.Cl.Cl. The third kappa shape index (κ3) is 5.46. The lowest BCUT2D eigenvalue weighted by Gasteiger charge is -2.11. The molecule has 0 atom stereocenters. The number of fused-ring (bicyclic) bond motifs is 1. The van der Waals surface area contributed by atoms with Crippen molar-refractivity contribution in [2.75, 3.05) is 11.9 Å². The van der Waals surface area contributed by atoms with Crippen molar-refractivity contribution in [2.45, 2.75) is 26.4 Å². The van der Waals surface area contributed by atoms with E-state index in [0.29, 0.717) is 13.0 Å². The van der Waals surface area contributed by atoms with Gasteiger partial charge in [0.05, 0.1) is 17.4 Å². The van der Waals surface area contributed by atoms with Crippen LogP contribution in [0, 0.1) is 0 Å². The van der Waals surface area contributed by atoms with Crippen molar-refractivity contribution in [2.24, 2.45) is 0 Å². The molecule has 0 aliphatic carbocycles. The van der Waals surface area contributed by atoms with E-state index in [1.807, 2.05) is 53.1 Å². The first-order valence-corrected chi connectivity index (χ1v) is 8.26. The first-order chi connectivity index (χ1) is 11.8. The van der Waals surface area contributed by atoms with Gasteiger partial charge in [-0.15, -0.1) is 24.8 Å². The lowest BCUT2D eigenvalue weighted by molar-refractivity contribution is -0.116. The molecule has 1 amide bonds. The van der Waals surface area contributed by atoms with E-state index in [2.05, 4.69) is 22.5 Å². The molecular weight excluding hydrogens is 371 g/mol. The van der Waals surface area contributed by atoms with E-state index in [1.54, 1.807) is 6.33 Å². The van der Waals surface area contributed by atoms with E-state index in [0.717, 1.165) is 35.4 Å². The second-order valence-electron chi connectivity index (χ2n) is 5.66. The number of para-hydroxylation sites is 3. The number of hydrogen-bond donors (Lipinski definition) is 2. The quantitative estimate of drug-likeness (QED) is 0.635. The molecule has 0 aliphatic rings. The third-order valence-electron chi connectivity index (χ3n) is 3.96. The molecular formula is C19H24Cl2N4O. The van der Waals surface area contributed by atoms with Gasteiger partial charge >= 0.3 is 0 Å². The average molecular weight is 395 g/mol. The Morgan fingerprint density at radius 3 is 2.62 bits per heavy atom. The summed E-state index contributed by atoms with van der Waals surface area (Å²) in [6, 6.07) is 15.8. The summed E-state index contributed by atoms with van der Waals surface area (Å²) in [4.78, 5) is 16.7. The maximum Gasteiger partial charge on any atom is 0.226 e. The zero-order valence-corrected chi connectivity index (χ0v) is 16.3. The van der Waals surface area contributed by atoms with E-state index in [4.69, 9.17) is 0 Å². The molecule has 0 spiro atoms. The summed E-state index contributed by atoms with van der Waals surface area (Å²) in [7, 11) is 0. The molecule has 5 nitrogen and oxygen atoms in total. The molecule has 2 aromatic carbocycles. The normalized spacial score (nSPS) is 10.0. The molecule has 7 heteroatoms. The van der Waals surface area contributed by atoms with Gasteiger partial charge in [-0.05, 0) is 30.3 Å². The summed E-state index contributed by atoms with van der Waals surface area (Å²) in [6.45, 7) is 4.33. The monoisotopic (exact) mass is 394 g/mol. The summed E-state index contributed by atoms with van der Waals surface area (Å²) in [5.74, 6) is 0.0109. The number of amides is 1. The second-order valence-corrected chi connectivity index (χ2v) is 5.66. The number of aromatic nitrogens is 2. The van der Waals surface area contributed by atoms with Crippen LogP contribution in [0.2, 0.25) is 0 Å². The van der Waals surface area contributed by atoms with Gasteiger partial charge in [0.1, 0.15) is 0 Å². The van der Waals surface area contributed by atoms with Gasteiger partial charge in [-0.25, -0.2) is 4.98 Å². The van der Waals surface area contributed by atoms with Crippen LogP contribution in [0.25, 0.3) is 11.0 Å². The molecule has 26 heavy (non-hydrogen) atoms. The molecule has 0 radical (unpaired) electrons. The van der Waals surface area contributed by atoms with Crippen LogP contribution < -0.4 is 10.6 Å². The number of nitrogens with one attached hydrogen (secondary N) is 2. The lowest BCUT2D eigenvalue weighted by Crippen LogP contribution is -2.18. The van der Waals surface area contributed by atoms with Crippen molar-refractivity contribution in [1.82, 2.24) is 14.9 Å². The van der Waals surface area contributed by atoms with Crippen LogP contribution in [0.5, 0.6) is 0 Å². The third-order valence-corrected chi connectivity index (χ3v) is 3.96. The van der Waals surface area contributed by atoms with Crippen LogP contribution in [-0.2, 0) is 17.9 Å². The van der Waals surface area contributed by atoms with Crippen LogP contribution in [0.15, 0.2) is 54.9 Å². The molecule has 2 N–H and O–H groups in total. The summed E-state index contributed by atoms with van der Waals surface area (Å²) in [5, 5.41) is 6.31. The van der Waals surface area contributed by atoms with Crippen molar-refractivity contribution in [3.63, 3.8) is 0 Å². The highest BCUT2D eigenvalue weighted by Gasteiger charge is 2.08. The minimum atomic E-state index is 0. The molecule has 0 aliphatic heterocycles. The Hall–Kier alpha value is -2.08. The number of anilines is 1. The number of nitrogens with zero attached hydrogens (tertiary/aromatic N) is 2. The van der Waals surface area contributed by atoms with Gasteiger partial charge in [0.2, 0.25) is 5.91 Å². The summed E-state index contributed by atoms with van der Waals surface area (Å²) < 4.78 is 2.01. The Balaban J connectivity index is 0.00000169. The molecule has 1 heterocycles. The van der Waals surface area contributed by atoms with Gasteiger partial charge in [-0.1, -0.05) is 37.3 Å². The first kappa shape index (κ1) is 22.0. The minimum absolute atomic E-state index is 0. The standard InChI is InChI=1S/C19H22N4O.2ClH/c1-2-20-13-15-7-3-4-8-16(15)22-19(24)11-12-23-14-21-17-9-5-6-10-18(17)23;;/h3-10,14,20H,2,11-13H2,1H3,(H,22,24);2*1H. The molecule has 1 aromatic heterocycles. The topological polar surface area (TPSA) is 58.9 Å². The van der Waals surface area contributed by atoms with E-state index in [-0.39, 0.29) is 30.7 Å². The van der Waals surface area contributed by atoms with Crippen LogP contribution in [0.1, 0.15) is 18.9 Å². The highest BCUT2D eigenvalue weighted by atomic mass is 35.5. The van der Waals surface area contributed by atoms with Gasteiger partial charge in [-0.2, -0.15) is 0 Å². The van der Waals surface area contributed by atoms with E-state index < -0.39 is 0 Å². The van der Waals surface area contributed by atoms with Gasteiger partial charge in [-0.3, -0.25) is 4.79 Å². The number of aryl methyl sites for hydroxylation is 1. The maximum absolute atomic E-state index is 12.3. The number of rotatable bonds is 7. The number of benzene rings is 2. The van der Waals surface area contributed by atoms with Crippen molar-refractivity contribution < 1.29 is 4.79 Å². The van der Waals surface area contributed by atoms with Crippen LogP contribution in [0.4, 0.5) is 5.69 Å². The van der Waals surface area contributed by atoms with Gasteiger partial charge in [0.15, 0.2) is 0 Å². The molecule has 0 saturated carbocycles. The van der Waals surface area contributed by atoms with E-state index >= 15 is 0 Å². The van der Waals surface area contributed by atoms with Crippen molar-refractivity contribution in [3.05, 3.63) is 60.4 Å². The molecule has 3 aromatic rings. The van der Waals surface area contributed by atoms with Crippen molar-refractivity contribution in [1.29, 1.82) is 0 Å². The molecule has 0 saturated heterocycles. The maximum atomic E-state index is 12.3.